The van der Waals surface area contributed by atoms with Crippen LogP contribution in [-0.2, 0) is 4.79 Å². The molecule has 1 N–H and O–H groups in total. The molecule has 94 valence electrons. The molecular weight excluding hydrogens is 238 g/mol. The largest absolute Gasteiger partial charge is 0.342 e. The molecule has 0 spiro atoms. The Morgan fingerprint density at radius 1 is 1.31 bits per heavy atom. The number of piperidine rings is 1. The molecule has 2 heterocycles. The van der Waals surface area contributed by atoms with Gasteiger partial charge in [0, 0.05) is 32.5 Å². The average Bonchev–Trinajstić information content (AvgIpc) is 2.69. The van der Waals surface area contributed by atoms with Crippen molar-refractivity contribution < 1.29 is 13.6 Å². The van der Waals surface area contributed by atoms with E-state index in [0.29, 0.717) is 6.54 Å². The summed E-state index contributed by atoms with van der Waals surface area (Å²) in [6.45, 7) is 1.98. The summed E-state index contributed by atoms with van der Waals surface area (Å²) in [5.41, 5.74) is 0. The fourth-order valence-corrected chi connectivity index (χ4v) is 2.18. The summed E-state index contributed by atoms with van der Waals surface area (Å²) in [6, 6.07) is 0. The SMILES string of the molecule is Cl.O=C([C@H]1CCNC1)N1CCC(F)(F)CC1. The first-order valence-electron chi connectivity index (χ1n) is 5.46. The Morgan fingerprint density at radius 3 is 2.44 bits per heavy atom. The molecule has 0 saturated carbocycles. The third-order valence-electron chi connectivity index (χ3n) is 3.22. The Morgan fingerprint density at radius 2 is 1.94 bits per heavy atom. The molecule has 6 heteroatoms. The number of likely N-dealkylation sites (tertiary alicyclic amines) is 1. The summed E-state index contributed by atoms with van der Waals surface area (Å²) in [5.74, 6) is -2.50. The third-order valence-corrected chi connectivity index (χ3v) is 3.22. The van der Waals surface area contributed by atoms with Crippen molar-refractivity contribution in [3.05, 3.63) is 0 Å². The van der Waals surface area contributed by atoms with Gasteiger partial charge in [0.25, 0.3) is 5.92 Å². The fourth-order valence-electron chi connectivity index (χ4n) is 2.18. The van der Waals surface area contributed by atoms with Gasteiger partial charge in [0.15, 0.2) is 0 Å². The predicted molar refractivity (Wildman–Crippen MR) is 59.0 cm³/mol. The van der Waals surface area contributed by atoms with Crippen LogP contribution >= 0.6 is 12.4 Å². The molecule has 0 unspecified atom stereocenters. The number of halogens is 3. The van der Waals surface area contributed by atoms with E-state index in [9.17, 15) is 13.6 Å². The van der Waals surface area contributed by atoms with Gasteiger partial charge >= 0.3 is 0 Å². The molecule has 3 nitrogen and oxygen atoms in total. The highest BCUT2D eigenvalue weighted by Gasteiger charge is 2.37. The summed E-state index contributed by atoms with van der Waals surface area (Å²) in [6.07, 6.45) is 0.476. The van der Waals surface area contributed by atoms with Crippen LogP contribution in [0.1, 0.15) is 19.3 Å². The minimum atomic E-state index is -2.56. The van der Waals surface area contributed by atoms with E-state index in [1.807, 2.05) is 0 Å². The van der Waals surface area contributed by atoms with E-state index in [0.717, 1.165) is 13.0 Å². The topological polar surface area (TPSA) is 32.3 Å². The number of nitrogens with one attached hydrogen (secondary N) is 1. The van der Waals surface area contributed by atoms with Crippen LogP contribution in [0.4, 0.5) is 8.78 Å². The van der Waals surface area contributed by atoms with Crippen molar-refractivity contribution in [1.82, 2.24) is 10.2 Å². The normalized spacial score (nSPS) is 28.6. The molecule has 2 saturated heterocycles. The highest BCUT2D eigenvalue weighted by molar-refractivity contribution is 5.85. The van der Waals surface area contributed by atoms with E-state index in [-0.39, 0.29) is 50.2 Å². The third kappa shape index (κ3) is 3.04. The molecule has 2 aliphatic rings. The van der Waals surface area contributed by atoms with Crippen LogP contribution in [-0.4, -0.2) is 42.9 Å². The second kappa shape index (κ2) is 5.27. The lowest BCUT2D eigenvalue weighted by atomic mass is 10.0. The number of carbonyl (C=O) groups is 1. The molecule has 1 amide bonds. The highest BCUT2D eigenvalue weighted by Crippen LogP contribution is 2.28. The summed E-state index contributed by atoms with van der Waals surface area (Å²) >= 11 is 0. The molecule has 0 aromatic rings. The van der Waals surface area contributed by atoms with E-state index in [1.54, 1.807) is 4.90 Å². The molecule has 2 rings (SSSR count). The second-order valence-corrected chi connectivity index (χ2v) is 4.37. The van der Waals surface area contributed by atoms with E-state index in [2.05, 4.69) is 5.32 Å². The van der Waals surface area contributed by atoms with Crippen LogP contribution in [0.5, 0.6) is 0 Å². The maximum Gasteiger partial charge on any atom is 0.251 e. The molecule has 16 heavy (non-hydrogen) atoms. The monoisotopic (exact) mass is 254 g/mol. The Hall–Kier alpha value is -0.420. The summed E-state index contributed by atoms with van der Waals surface area (Å²) in [4.78, 5) is 13.4. The van der Waals surface area contributed by atoms with Crippen LogP contribution in [0, 0.1) is 5.92 Å². The summed E-state index contributed by atoms with van der Waals surface area (Å²) in [5, 5.41) is 3.11. The van der Waals surface area contributed by atoms with Crippen LogP contribution in [0.3, 0.4) is 0 Å². The molecule has 2 aliphatic heterocycles. The molecule has 0 aliphatic carbocycles. The van der Waals surface area contributed by atoms with Gasteiger partial charge in [-0.15, -0.1) is 12.4 Å². The Labute approximate surface area is 100.0 Å². The molecule has 0 bridgehead atoms. The predicted octanol–water partition coefficient (Wildman–Crippen LogP) is 1.28. The second-order valence-electron chi connectivity index (χ2n) is 4.37. The molecular formula is C10H17ClF2N2O. The maximum atomic E-state index is 12.9. The van der Waals surface area contributed by atoms with E-state index < -0.39 is 5.92 Å². The van der Waals surface area contributed by atoms with Gasteiger partial charge < -0.3 is 10.2 Å². The molecule has 1 atom stereocenters. The smallest absolute Gasteiger partial charge is 0.251 e. The fraction of sp³-hybridized carbons (Fsp3) is 0.900. The quantitative estimate of drug-likeness (QED) is 0.765. The lowest BCUT2D eigenvalue weighted by Gasteiger charge is -2.33. The Kier molecular flexibility index (Phi) is 4.50. The number of alkyl halides is 2. The maximum absolute atomic E-state index is 12.9. The molecule has 0 aromatic carbocycles. The number of hydrogen-bond donors (Lipinski definition) is 1. The highest BCUT2D eigenvalue weighted by atomic mass is 35.5. The Balaban J connectivity index is 0.00000128. The van der Waals surface area contributed by atoms with Gasteiger partial charge in [-0.2, -0.15) is 0 Å². The zero-order chi connectivity index (χ0) is 10.9. The van der Waals surface area contributed by atoms with Crippen LogP contribution in [0.2, 0.25) is 0 Å². The average molecular weight is 255 g/mol. The number of carbonyl (C=O) groups excluding carboxylic acids is 1. The van der Waals surface area contributed by atoms with E-state index >= 15 is 0 Å². The lowest BCUT2D eigenvalue weighted by molar-refractivity contribution is -0.140. The minimum absolute atomic E-state index is 0. The van der Waals surface area contributed by atoms with E-state index in [4.69, 9.17) is 0 Å². The first-order valence-corrected chi connectivity index (χ1v) is 5.46. The van der Waals surface area contributed by atoms with Crippen molar-refractivity contribution in [2.75, 3.05) is 26.2 Å². The van der Waals surface area contributed by atoms with Gasteiger partial charge in [-0.1, -0.05) is 0 Å². The van der Waals surface area contributed by atoms with Crippen LogP contribution in [0.15, 0.2) is 0 Å². The van der Waals surface area contributed by atoms with Gasteiger partial charge in [0.05, 0.1) is 5.92 Å². The number of hydrogen-bond acceptors (Lipinski definition) is 2. The van der Waals surface area contributed by atoms with Crippen LogP contribution in [0.25, 0.3) is 0 Å². The van der Waals surface area contributed by atoms with Crippen molar-refractivity contribution in [2.24, 2.45) is 5.92 Å². The first-order chi connectivity index (χ1) is 7.08. The standard InChI is InChI=1S/C10H16F2N2O.ClH/c11-10(12)2-5-14(6-3-10)9(15)8-1-4-13-7-8;/h8,13H,1-7H2;1H/t8-;/m0./s1. The van der Waals surface area contributed by atoms with Crippen LogP contribution < -0.4 is 5.32 Å². The van der Waals surface area contributed by atoms with Gasteiger partial charge in [0.2, 0.25) is 5.91 Å². The van der Waals surface area contributed by atoms with Crippen molar-refractivity contribution in [3.63, 3.8) is 0 Å². The van der Waals surface area contributed by atoms with Crippen molar-refractivity contribution in [2.45, 2.75) is 25.2 Å². The summed E-state index contributed by atoms with van der Waals surface area (Å²) < 4.78 is 25.7. The number of nitrogens with zero attached hydrogens (tertiary/aromatic N) is 1. The van der Waals surface area contributed by atoms with Gasteiger partial charge in [0.1, 0.15) is 0 Å². The van der Waals surface area contributed by atoms with Gasteiger partial charge in [-0.05, 0) is 13.0 Å². The number of rotatable bonds is 1. The zero-order valence-electron chi connectivity index (χ0n) is 9.05. The zero-order valence-corrected chi connectivity index (χ0v) is 9.86. The van der Waals surface area contributed by atoms with Gasteiger partial charge in [-0.25, -0.2) is 8.78 Å². The van der Waals surface area contributed by atoms with Crippen molar-refractivity contribution >= 4 is 18.3 Å². The number of amides is 1. The molecule has 2 fully saturated rings. The Bertz CT molecular complexity index is 247. The molecule has 0 radical (unpaired) electrons. The lowest BCUT2D eigenvalue weighted by Crippen LogP contribution is -2.45. The first kappa shape index (κ1) is 13.6. The van der Waals surface area contributed by atoms with Crippen molar-refractivity contribution in [3.8, 4) is 0 Å². The van der Waals surface area contributed by atoms with E-state index in [1.165, 1.54) is 0 Å². The molecule has 0 aromatic heterocycles. The summed E-state index contributed by atoms with van der Waals surface area (Å²) in [7, 11) is 0. The van der Waals surface area contributed by atoms with Gasteiger partial charge in [-0.3, -0.25) is 4.79 Å². The van der Waals surface area contributed by atoms with Crippen molar-refractivity contribution in [1.29, 1.82) is 0 Å². The minimum Gasteiger partial charge on any atom is -0.342 e.